The van der Waals surface area contributed by atoms with Crippen molar-refractivity contribution in [2.45, 2.75) is 12.5 Å². The first kappa shape index (κ1) is 17.2. The standard InChI is InChI=1S/C18H23N5O2/c1-21-12-15(11-20-21)18(25)23-10-9-22(13-16(23)17(19)24)8-7-14-5-3-2-4-6-14/h2-6,11-12,16H,7-10,13H2,1H3,(H2,19,24). The number of benzene rings is 1. The Kier molecular flexibility index (Phi) is 5.14. The average Bonchev–Trinajstić information content (AvgIpc) is 3.06. The van der Waals surface area contributed by atoms with E-state index in [9.17, 15) is 9.59 Å². The Hall–Kier alpha value is -2.67. The van der Waals surface area contributed by atoms with E-state index in [1.807, 2.05) is 18.2 Å². The molecular weight excluding hydrogens is 318 g/mol. The van der Waals surface area contributed by atoms with Crippen molar-refractivity contribution in [3.8, 4) is 0 Å². The van der Waals surface area contributed by atoms with Gasteiger partial charge in [0.1, 0.15) is 6.04 Å². The Balaban J connectivity index is 1.64. The summed E-state index contributed by atoms with van der Waals surface area (Å²) in [6.07, 6.45) is 4.08. The first-order valence-electron chi connectivity index (χ1n) is 8.40. The zero-order valence-electron chi connectivity index (χ0n) is 14.3. The van der Waals surface area contributed by atoms with E-state index in [1.165, 1.54) is 11.8 Å². The van der Waals surface area contributed by atoms with Crippen molar-refractivity contribution >= 4 is 11.8 Å². The smallest absolute Gasteiger partial charge is 0.257 e. The molecule has 1 aromatic heterocycles. The van der Waals surface area contributed by atoms with Crippen molar-refractivity contribution in [2.75, 3.05) is 26.2 Å². The molecule has 1 fully saturated rings. The van der Waals surface area contributed by atoms with Crippen molar-refractivity contribution in [3.63, 3.8) is 0 Å². The van der Waals surface area contributed by atoms with Crippen molar-refractivity contribution < 1.29 is 9.59 Å². The van der Waals surface area contributed by atoms with Crippen LogP contribution < -0.4 is 5.73 Å². The van der Waals surface area contributed by atoms with Crippen LogP contribution in [0.5, 0.6) is 0 Å². The Morgan fingerprint density at radius 2 is 2.00 bits per heavy atom. The van der Waals surface area contributed by atoms with E-state index >= 15 is 0 Å². The summed E-state index contributed by atoms with van der Waals surface area (Å²) in [7, 11) is 1.75. The average molecular weight is 341 g/mol. The van der Waals surface area contributed by atoms with Gasteiger partial charge in [-0.05, 0) is 12.0 Å². The number of piperazine rings is 1. The molecule has 2 N–H and O–H groups in total. The number of aryl methyl sites for hydroxylation is 1. The van der Waals surface area contributed by atoms with Gasteiger partial charge in [-0.15, -0.1) is 0 Å². The van der Waals surface area contributed by atoms with Gasteiger partial charge in [0.15, 0.2) is 0 Å². The Morgan fingerprint density at radius 3 is 2.64 bits per heavy atom. The minimum absolute atomic E-state index is 0.195. The van der Waals surface area contributed by atoms with Crippen LogP contribution >= 0.6 is 0 Å². The summed E-state index contributed by atoms with van der Waals surface area (Å²) in [5.74, 6) is -0.665. The topological polar surface area (TPSA) is 84.5 Å². The van der Waals surface area contributed by atoms with Gasteiger partial charge in [0.25, 0.3) is 5.91 Å². The van der Waals surface area contributed by atoms with Gasteiger partial charge in [0.2, 0.25) is 5.91 Å². The second-order valence-corrected chi connectivity index (χ2v) is 6.36. The monoisotopic (exact) mass is 341 g/mol. The number of carbonyl (C=O) groups excluding carboxylic acids is 2. The fourth-order valence-corrected chi connectivity index (χ4v) is 3.16. The maximum atomic E-state index is 12.7. The van der Waals surface area contributed by atoms with Gasteiger partial charge >= 0.3 is 0 Å². The van der Waals surface area contributed by atoms with Crippen molar-refractivity contribution in [1.82, 2.24) is 19.6 Å². The van der Waals surface area contributed by atoms with Crippen LogP contribution in [0.25, 0.3) is 0 Å². The molecule has 1 aliphatic rings. The molecule has 25 heavy (non-hydrogen) atoms. The van der Waals surface area contributed by atoms with Crippen LogP contribution in [0.2, 0.25) is 0 Å². The van der Waals surface area contributed by atoms with Gasteiger partial charge in [0, 0.05) is 39.4 Å². The summed E-state index contributed by atoms with van der Waals surface area (Å²) < 4.78 is 1.57. The number of aromatic nitrogens is 2. The number of hydrogen-bond donors (Lipinski definition) is 1. The lowest BCUT2D eigenvalue weighted by atomic mass is 10.1. The Bertz CT molecular complexity index is 743. The van der Waals surface area contributed by atoms with Crippen LogP contribution in [-0.2, 0) is 18.3 Å². The van der Waals surface area contributed by atoms with E-state index in [2.05, 4.69) is 22.1 Å². The number of primary amides is 1. The number of nitrogens with two attached hydrogens (primary N) is 1. The molecule has 7 nitrogen and oxygen atoms in total. The van der Waals surface area contributed by atoms with Gasteiger partial charge in [-0.3, -0.25) is 19.2 Å². The highest BCUT2D eigenvalue weighted by atomic mass is 16.2. The quantitative estimate of drug-likeness (QED) is 0.846. The van der Waals surface area contributed by atoms with E-state index in [0.29, 0.717) is 18.7 Å². The zero-order chi connectivity index (χ0) is 17.8. The third kappa shape index (κ3) is 4.06. The molecule has 132 valence electrons. The molecule has 2 heterocycles. The summed E-state index contributed by atoms with van der Waals surface area (Å²) >= 11 is 0. The molecule has 0 bridgehead atoms. The lowest BCUT2D eigenvalue weighted by Crippen LogP contribution is -2.60. The van der Waals surface area contributed by atoms with E-state index in [4.69, 9.17) is 5.73 Å². The van der Waals surface area contributed by atoms with Crippen LogP contribution in [0.4, 0.5) is 0 Å². The van der Waals surface area contributed by atoms with Crippen molar-refractivity contribution in [1.29, 1.82) is 0 Å². The summed E-state index contributed by atoms with van der Waals surface area (Å²) in [6, 6.07) is 9.60. The number of carbonyl (C=O) groups is 2. The maximum absolute atomic E-state index is 12.7. The molecule has 1 atom stereocenters. The van der Waals surface area contributed by atoms with Crippen LogP contribution in [0.3, 0.4) is 0 Å². The van der Waals surface area contributed by atoms with Gasteiger partial charge < -0.3 is 10.6 Å². The minimum Gasteiger partial charge on any atom is -0.368 e. The van der Waals surface area contributed by atoms with E-state index < -0.39 is 11.9 Å². The first-order chi connectivity index (χ1) is 12.0. The van der Waals surface area contributed by atoms with E-state index in [-0.39, 0.29) is 5.91 Å². The van der Waals surface area contributed by atoms with Crippen molar-refractivity contribution in [3.05, 3.63) is 53.9 Å². The highest BCUT2D eigenvalue weighted by molar-refractivity contribution is 5.97. The Morgan fingerprint density at radius 1 is 1.24 bits per heavy atom. The largest absolute Gasteiger partial charge is 0.368 e. The molecule has 0 radical (unpaired) electrons. The molecule has 0 aliphatic carbocycles. The maximum Gasteiger partial charge on any atom is 0.257 e. The van der Waals surface area contributed by atoms with Gasteiger partial charge in [-0.2, -0.15) is 5.10 Å². The summed E-state index contributed by atoms with van der Waals surface area (Å²) in [5, 5.41) is 4.02. The predicted octanol–water partition coefficient (Wildman–Crippen LogP) is 0.275. The normalized spacial score (nSPS) is 18.3. The number of amides is 2. The minimum atomic E-state index is -0.614. The third-order valence-electron chi connectivity index (χ3n) is 4.57. The molecule has 1 aromatic carbocycles. The molecule has 1 unspecified atom stereocenters. The van der Waals surface area contributed by atoms with Gasteiger partial charge in [0.05, 0.1) is 11.8 Å². The van der Waals surface area contributed by atoms with Crippen molar-refractivity contribution in [2.24, 2.45) is 12.8 Å². The lowest BCUT2D eigenvalue weighted by molar-refractivity contribution is -0.124. The third-order valence-corrected chi connectivity index (χ3v) is 4.57. The molecule has 3 rings (SSSR count). The SMILES string of the molecule is Cn1cc(C(=O)N2CCN(CCc3ccccc3)CC2C(N)=O)cn1. The number of nitrogens with zero attached hydrogens (tertiary/aromatic N) is 4. The van der Waals surface area contributed by atoms with Gasteiger partial charge in [-0.25, -0.2) is 0 Å². The van der Waals surface area contributed by atoms with E-state index in [1.54, 1.807) is 22.8 Å². The predicted molar refractivity (Wildman–Crippen MR) is 93.8 cm³/mol. The summed E-state index contributed by atoms with van der Waals surface area (Å²) in [4.78, 5) is 28.3. The molecule has 1 saturated heterocycles. The second-order valence-electron chi connectivity index (χ2n) is 6.36. The molecule has 1 aliphatic heterocycles. The molecule has 0 saturated carbocycles. The van der Waals surface area contributed by atoms with E-state index in [0.717, 1.165) is 19.5 Å². The number of rotatable bonds is 5. The highest BCUT2D eigenvalue weighted by Gasteiger charge is 2.34. The fraction of sp³-hybridized carbons (Fsp3) is 0.389. The zero-order valence-corrected chi connectivity index (χ0v) is 14.3. The molecular formula is C18H23N5O2. The van der Waals surface area contributed by atoms with Crippen LogP contribution in [-0.4, -0.2) is 63.6 Å². The lowest BCUT2D eigenvalue weighted by Gasteiger charge is -2.39. The number of hydrogen-bond acceptors (Lipinski definition) is 4. The van der Waals surface area contributed by atoms with Gasteiger partial charge in [-0.1, -0.05) is 30.3 Å². The summed E-state index contributed by atoms with van der Waals surface area (Å²) in [5.41, 5.74) is 7.30. The summed E-state index contributed by atoms with van der Waals surface area (Å²) in [6.45, 7) is 2.51. The fourth-order valence-electron chi connectivity index (χ4n) is 3.16. The van der Waals surface area contributed by atoms with Crippen LogP contribution in [0.1, 0.15) is 15.9 Å². The van der Waals surface area contributed by atoms with Crippen LogP contribution in [0.15, 0.2) is 42.7 Å². The van der Waals surface area contributed by atoms with Crippen LogP contribution in [0, 0.1) is 0 Å². The second kappa shape index (κ2) is 7.48. The highest BCUT2D eigenvalue weighted by Crippen LogP contribution is 2.15. The first-order valence-corrected chi connectivity index (χ1v) is 8.40. The molecule has 7 heteroatoms. The molecule has 0 spiro atoms. The molecule has 2 amide bonds. The Labute approximate surface area is 147 Å². The molecule has 2 aromatic rings.